The first kappa shape index (κ1) is 9.07. The molecule has 0 amide bonds. The van der Waals surface area contributed by atoms with Crippen LogP contribution in [0.4, 0.5) is 0 Å². The summed E-state index contributed by atoms with van der Waals surface area (Å²) >= 11 is 0. The minimum absolute atomic E-state index is 0.479. The van der Waals surface area contributed by atoms with Gasteiger partial charge in [0.05, 0.1) is 12.6 Å². The van der Waals surface area contributed by atoms with Gasteiger partial charge in [-0.2, -0.15) is 0 Å². The Hall–Kier alpha value is -0.500. The first-order valence-corrected chi connectivity index (χ1v) is 5.40. The molecule has 1 aliphatic carbocycles. The molecule has 0 saturated heterocycles. The zero-order valence-corrected chi connectivity index (χ0v) is 8.38. The molecule has 1 fully saturated rings. The highest BCUT2D eigenvalue weighted by Crippen LogP contribution is 2.32. The van der Waals surface area contributed by atoms with Gasteiger partial charge in [0.2, 0.25) is 0 Å². The van der Waals surface area contributed by atoms with Crippen LogP contribution in [-0.4, -0.2) is 19.7 Å². The predicted octanol–water partition coefficient (Wildman–Crippen LogP) is 2.07. The van der Waals surface area contributed by atoms with Gasteiger partial charge in [-0.1, -0.05) is 19.3 Å². The topological polar surface area (TPSA) is 21.3 Å². The van der Waals surface area contributed by atoms with E-state index >= 15 is 0 Å². The molecule has 1 N–H and O–H groups in total. The summed E-state index contributed by atoms with van der Waals surface area (Å²) in [5.74, 6) is 2.14. The SMILES string of the molecule is CNC(CC1CCC1)C1=CCCO1. The highest BCUT2D eigenvalue weighted by molar-refractivity contribution is 5.07. The van der Waals surface area contributed by atoms with E-state index in [1.165, 1.54) is 31.4 Å². The molecule has 0 aromatic rings. The molecule has 0 radical (unpaired) electrons. The van der Waals surface area contributed by atoms with Crippen LogP contribution in [0.15, 0.2) is 11.8 Å². The van der Waals surface area contributed by atoms with Crippen LogP contribution in [0.25, 0.3) is 0 Å². The van der Waals surface area contributed by atoms with Crippen LogP contribution >= 0.6 is 0 Å². The van der Waals surface area contributed by atoms with Crippen molar-refractivity contribution < 1.29 is 4.74 Å². The number of hydrogen-bond acceptors (Lipinski definition) is 2. The Kier molecular flexibility index (Phi) is 2.89. The van der Waals surface area contributed by atoms with Crippen LogP contribution in [0.5, 0.6) is 0 Å². The molecule has 0 aromatic carbocycles. The van der Waals surface area contributed by atoms with E-state index in [0.29, 0.717) is 6.04 Å². The van der Waals surface area contributed by atoms with Crippen LogP contribution in [0.2, 0.25) is 0 Å². The van der Waals surface area contributed by atoms with Crippen molar-refractivity contribution in [2.45, 2.75) is 38.1 Å². The first-order chi connectivity index (χ1) is 6.40. The maximum Gasteiger partial charge on any atom is 0.109 e. The minimum atomic E-state index is 0.479. The second-order valence-corrected chi connectivity index (χ2v) is 4.12. The van der Waals surface area contributed by atoms with Crippen molar-refractivity contribution in [1.29, 1.82) is 0 Å². The normalized spacial score (nSPS) is 24.8. The molecule has 1 atom stereocenters. The monoisotopic (exact) mass is 181 g/mol. The molecular formula is C11H19NO. The number of rotatable bonds is 4. The fraction of sp³-hybridized carbons (Fsp3) is 0.818. The van der Waals surface area contributed by atoms with E-state index < -0.39 is 0 Å². The molecule has 2 rings (SSSR count). The van der Waals surface area contributed by atoms with Gasteiger partial charge in [-0.05, 0) is 25.5 Å². The van der Waals surface area contributed by atoms with E-state index in [0.717, 1.165) is 18.9 Å². The molecule has 2 heteroatoms. The average molecular weight is 181 g/mol. The summed E-state index contributed by atoms with van der Waals surface area (Å²) in [5, 5.41) is 3.35. The third kappa shape index (κ3) is 2.05. The Bertz CT molecular complexity index is 196. The minimum Gasteiger partial charge on any atom is -0.496 e. The summed E-state index contributed by atoms with van der Waals surface area (Å²) in [6.45, 7) is 0.887. The van der Waals surface area contributed by atoms with E-state index in [2.05, 4.69) is 11.4 Å². The van der Waals surface area contributed by atoms with Crippen LogP contribution < -0.4 is 5.32 Å². The maximum absolute atomic E-state index is 5.57. The molecule has 0 aromatic heterocycles. The number of likely N-dealkylation sites (N-methyl/N-ethyl adjacent to an activating group) is 1. The van der Waals surface area contributed by atoms with Crippen molar-refractivity contribution in [1.82, 2.24) is 5.32 Å². The van der Waals surface area contributed by atoms with Gasteiger partial charge in [0.15, 0.2) is 0 Å². The lowest BCUT2D eigenvalue weighted by atomic mass is 9.80. The smallest absolute Gasteiger partial charge is 0.109 e. The summed E-state index contributed by atoms with van der Waals surface area (Å²) in [5.41, 5.74) is 0. The van der Waals surface area contributed by atoms with Gasteiger partial charge in [-0.25, -0.2) is 0 Å². The average Bonchev–Trinajstić information content (AvgIpc) is 2.55. The van der Waals surface area contributed by atoms with Gasteiger partial charge in [-0.3, -0.25) is 0 Å². The molecule has 1 heterocycles. The van der Waals surface area contributed by atoms with Gasteiger partial charge in [0.25, 0.3) is 0 Å². The van der Waals surface area contributed by atoms with Crippen molar-refractivity contribution >= 4 is 0 Å². The number of hydrogen-bond donors (Lipinski definition) is 1. The van der Waals surface area contributed by atoms with Crippen LogP contribution in [-0.2, 0) is 4.74 Å². The predicted molar refractivity (Wildman–Crippen MR) is 53.5 cm³/mol. The van der Waals surface area contributed by atoms with Crippen LogP contribution in [0.1, 0.15) is 32.1 Å². The summed E-state index contributed by atoms with van der Waals surface area (Å²) in [6.07, 6.45) is 8.87. The summed E-state index contributed by atoms with van der Waals surface area (Å²) in [4.78, 5) is 0. The van der Waals surface area contributed by atoms with Crippen molar-refractivity contribution in [3.63, 3.8) is 0 Å². The van der Waals surface area contributed by atoms with Crippen molar-refractivity contribution in [2.75, 3.05) is 13.7 Å². The Morgan fingerprint density at radius 2 is 2.46 bits per heavy atom. The standard InChI is InChI=1S/C11H19NO/c1-12-10(8-9-4-2-5-9)11-6-3-7-13-11/h6,9-10,12H,2-5,7-8H2,1H3. The van der Waals surface area contributed by atoms with Gasteiger partial charge < -0.3 is 10.1 Å². The molecule has 0 spiro atoms. The second kappa shape index (κ2) is 4.14. The molecule has 74 valence electrons. The van der Waals surface area contributed by atoms with Crippen molar-refractivity contribution in [2.24, 2.45) is 5.92 Å². The van der Waals surface area contributed by atoms with E-state index in [1.54, 1.807) is 0 Å². The third-order valence-electron chi connectivity index (χ3n) is 3.22. The number of ether oxygens (including phenoxy) is 1. The summed E-state index contributed by atoms with van der Waals surface area (Å²) in [6, 6.07) is 0.479. The Morgan fingerprint density at radius 1 is 1.62 bits per heavy atom. The lowest BCUT2D eigenvalue weighted by Crippen LogP contribution is -2.32. The Balaban J connectivity index is 1.84. The number of nitrogens with one attached hydrogen (secondary N) is 1. The first-order valence-electron chi connectivity index (χ1n) is 5.40. The van der Waals surface area contributed by atoms with Gasteiger partial charge in [0, 0.05) is 6.42 Å². The third-order valence-corrected chi connectivity index (χ3v) is 3.22. The fourth-order valence-electron chi connectivity index (χ4n) is 2.12. The van der Waals surface area contributed by atoms with Crippen molar-refractivity contribution in [3.05, 3.63) is 11.8 Å². The zero-order valence-electron chi connectivity index (χ0n) is 8.38. The highest BCUT2D eigenvalue weighted by atomic mass is 16.5. The van der Waals surface area contributed by atoms with Gasteiger partial charge in [-0.15, -0.1) is 0 Å². The van der Waals surface area contributed by atoms with Gasteiger partial charge >= 0.3 is 0 Å². The maximum atomic E-state index is 5.57. The summed E-state index contributed by atoms with van der Waals surface area (Å²) in [7, 11) is 2.03. The molecule has 1 unspecified atom stereocenters. The molecular weight excluding hydrogens is 162 g/mol. The highest BCUT2D eigenvalue weighted by Gasteiger charge is 2.25. The molecule has 2 aliphatic rings. The molecule has 1 saturated carbocycles. The summed E-state index contributed by atoms with van der Waals surface area (Å²) < 4.78 is 5.57. The lowest BCUT2D eigenvalue weighted by Gasteiger charge is -2.29. The van der Waals surface area contributed by atoms with Crippen LogP contribution in [0, 0.1) is 5.92 Å². The van der Waals surface area contributed by atoms with E-state index in [4.69, 9.17) is 4.74 Å². The molecule has 0 bridgehead atoms. The molecule has 1 aliphatic heterocycles. The molecule has 2 nitrogen and oxygen atoms in total. The van der Waals surface area contributed by atoms with E-state index in [-0.39, 0.29) is 0 Å². The largest absolute Gasteiger partial charge is 0.496 e. The Labute approximate surface area is 80.4 Å². The van der Waals surface area contributed by atoms with E-state index in [9.17, 15) is 0 Å². The van der Waals surface area contributed by atoms with Gasteiger partial charge in [0.1, 0.15) is 5.76 Å². The van der Waals surface area contributed by atoms with Crippen LogP contribution in [0.3, 0.4) is 0 Å². The van der Waals surface area contributed by atoms with Crippen molar-refractivity contribution in [3.8, 4) is 0 Å². The fourth-order valence-corrected chi connectivity index (χ4v) is 2.12. The zero-order chi connectivity index (χ0) is 9.10. The Morgan fingerprint density at radius 3 is 2.92 bits per heavy atom. The lowest BCUT2D eigenvalue weighted by molar-refractivity contribution is 0.191. The second-order valence-electron chi connectivity index (χ2n) is 4.12. The quantitative estimate of drug-likeness (QED) is 0.717. The van der Waals surface area contributed by atoms with E-state index in [1.807, 2.05) is 7.05 Å². The molecule has 13 heavy (non-hydrogen) atoms.